The molecule has 2 rings (SSSR count). The van der Waals surface area contributed by atoms with Gasteiger partial charge < -0.3 is 5.73 Å². The number of rotatable bonds is 2. The molecule has 0 amide bonds. The van der Waals surface area contributed by atoms with E-state index < -0.39 is 0 Å². The second-order valence-corrected chi connectivity index (χ2v) is 4.27. The largest absolute Gasteiger partial charge is 0.325 e. The van der Waals surface area contributed by atoms with Crippen molar-refractivity contribution in [1.29, 1.82) is 0 Å². The third kappa shape index (κ3) is 1.90. The zero-order chi connectivity index (χ0) is 9.47. The average molecular weight is 232 g/mol. The van der Waals surface area contributed by atoms with Gasteiger partial charge in [-0.25, -0.2) is 0 Å². The number of hydrogen-bond acceptors (Lipinski definition) is 1. The molecule has 78 valence electrons. The van der Waals surface area contributed by atoms with E-state index in [4.69, 9.17) is 17.3 Å². The summed E-state index contributed by atoms with van der Waals surface area (Å²) < 4.78 is 0. The third-order valence-electron chi connectivity index (χ3n) is 3.06. The lowest BCUT2D eigenvalue weighted by Gasteiger charge is -2.08. The van der Waals surface area contributed by atoms with Crippen LogP contribution in [0, 0.1) is 0 Å². The monoisotopic (exact) mass is 231 g/mol. The van der Waals surface area contributed by atoms with Gasteiger partial charge in [0.05, 0.1) is 0 Å². The topological polar surface area (TPSA) is 26.0 Å². The summed E-state index contributed by atoms with van der Waals surface area (Å²) >= 11 is 6.09. The molecule has 0 heterocycles. The van der Waals surface area contributed by atoms with Crippen LogP contribution < -0.4 is 5.73 Å². The highest BCUT2D eigenvalue weighted by atomic mass is 35.5. The van der Waals surface area contributed by atoms with Crippen LogP contribution >= 0.6 is 24.0 Å². The maximum absolute atomic E-state index is 6.13. The van der Waals surface area contributed by atoms with E-state index in [1.807, 2.05) is 18.2 Å². The zero-order valence-corrected chi connectivity index (χ0v) is 9.74. The van der Waals surface area contributed by atoms with E-state index in [0.29, 0.717) is 5.92 Å². The standard InChI is InChI=1S/C11H14ClN.ClH/c1-2-11(13)7-9(11)8-5-3-4-6-10(8)12;/h3-6,9H,2,7,13H2,1H3;1H. The first kappa shape index (κ1) is 11.8. The molecule has 0 radical (unpaired) electrons. The summed E-state index contributed by atoms with van der Waals surface area (Å²) in [5.41, 5.74) is 7.37. The lowest BCUT2D eigenvalue weighted by Crippen LogP contribution is -2.22. The third-order valence-corrected chi connectivity index (χ3v) is 3.40. The van der Waals surface area contributed by atoms with Gasteiger partial charge in [-0.3, -0.25) is 0 Å². The first-order valence-corrected chi connectivity index (χ1v) is 5.08. The van der Waals surface area contributed by atoms with Crippen molar-refractivity contribution < 1.29 is 0 Å². The van der Waals surface area contributed by atoms with Crippen molar-refractivity contribution in [2.45, 2.75) is 31.2 Å². The van der Waals surface area contributed by atoms with Gasteiger partial charge in [0.1, 0.15) is 0 Å². The lowest BCUT2D eigenvalue weighted by molar-refractivity contribution is 0.626. The molecule has 0 bridgehead atoms. The molecule has 1 aliphatic carbocycles. The van der Waals surface area contributed by atoms with E-state index in [2.05, 4.69) is 13.0 Å². The van der Waals surface area contributed by atoms with Crippen molar-refractivity contribution in [2.24, 2.45) is 5.73 Å². The number of halogens is 2. The van der Waals surface area contributed by atoms with Gasteiger partial charge in [-0.2, -0.15) is 0 Å². The van der Waals surface area contributed by atoms with Crippen LogP contribution in [0.25, 0.3) is 0 Å². The summed E-state index contributed by atoms with van der Waals surface area (Å²) in [6.45, 7) is 2.14. The minimum Gasteiger partial charge on any atom is -0.325 e. The van der Waals surface area contributed by atoms with Crippen LogP contribution in [-0.4, -0.2) is 5.54 Å². The highest BCUT2D eigenvalue weighted by Gasteiger charge is 2.50. The Bertz CT molecular complexity index is 327. The van der Waals surface area contributed by atoms with E-state index in [1.165, 1.54) is 5.56 Å². The van der Waals surface area contributed by atoms with E-state index in [-0.39, 0.29) is 17.9 Å². The van der Waals surface area contributed by atoms with E-state index >= 15 is 0 Å². The summed E-state index contributed by atoms with van der Waals surface area (Å²) in [6, 6.07) is 8.00. The van der Waals surface area contributed by atoms with Gasteiger partial charge in [0, 0.05) is 16.5 Å². The number of benzene rings is 1. The van der Waals surface area contributed by atoms with Crippen molar-refractivity contribution in [2.75, 3.05) is 0 Å². The molecular formula is C11H15Cl2N. The summed E-state index contributed by atoms with van der Waals surface area (Å²) in [4.78, 5) is 0. The maximum Gasteiger partial charge on any atom is 0.0441 e. The lowest BCUT2D eigenvalue weighted by atomic mass is 10.1. The van der Waals surface area contributed by atoms with Gasteiger partial charge in [-0.15, -0.1) is 12.4 Å². The minimum atomic E-state index is 0. The number of nitrogens with two attached hydrogens (primary N) is 1. The molecule has 3 heteroatoms. The molecule has 0 spiro atoms. The Balaban J connectivity index is 0.000000980. The average Bonchev–Trinajstić information content (AvgIpc) is 2.80. The first-order chi connectivity index (χ1) is 6.17. The van der Waals surface area contributed by atoms with Crippen molar-refractivity contribution in [3.8, 4) is 0 Å². The molecule has 1 nitrogen and oxygen atoms in total. The van der Waals surface area contributed by atoms with E-state index in [0.717, 1.165) is 17.9 Å². The summed E-state index contributed by atoms with van der Waals surface area (Å²) in [5.74, 6) is 0.478. The molecule has 1 fully saturated rings. The molecular weight excluding hydrogens is 217 g/mol. The Kier molecular flexibility index (Phi) is 3.46. The van der Waals surface area contributed by atoms with Crippen LogP contribution in [0.4, 0.5) is 0 Å². The van der Waals surface area contributed by atoms with Crippen molar-refractivity contribution >= 4 is 24.0 Å². The Morgan fingerprint density at radius 3 is 2.64 bits per heavy atom. The molecule has 1 aromatic carbocycles. The first-order valence-electron chi connectivity index (χ1n) is 4.70. The molecule has 0 saturated heterocycles. The highest BCUT2D eigenvalue weighted by Crippen LogP contribution is 2.52. The van der Waals surface area contributed by atoms with Crippen molar-refractivity contribution in [3.63, 3.8) is 0 Å². The molecule has 1 aliphatic rings. The molecule has 14 heavy (non-hydrogen) atoms. The molecule has 1 saturated carbocycles. The second-order valence-electron chi connectivity index (χ2n) is 3.86. The van der Waals surface area contributed by atoms with Gasteiger partial charge in [-0.1, -0.05) is 36.7 Å². The molecule has 1 aromatic rings. The van der Waals surface area contributed by atoms with Gasteiger partial charge in [-0.05, 0) is 24.5 Å². The van der Waals surface area contributed by atoms with Crippen LogP contribution in [0.2, 0.25) is 5.02 Å². The minimum absolute atomic E-state index is 0. The van der Waals surface area contributed by atoms with Gasteiger partial charge in [0.2, 0.25) is 0 Å². The van der Waals surface area contributed by atoms with Crippen LogP contribution in [0.5, 0.6) is 0 Å². The van der Waals surface area contributed by atoms with Crippen LogP contribution in [0.3, 0.4) is 0 Å². The van der Waals surface area contributed by atoms with E-state index in [9.17, 15) is 0 Å². The fraction of sp³-hybridized carbons (Fsp3) is 0.455. The van der Waals surface area contributed by atoms with Crippen molar-refractivity contribution in [3.05, 3.63) is 34.9 Å². The van der Waals surface area contributed by atoms with Crippen LogP contribution in [0.1, 0.15) is 31.2 Å². The van der Waals surface area contributed by atoms with Gasteiger partial charge >= 0.3 is 0 Å². The normalized spacial score (nSPS) is 29.5. The summed E-state index contributed by atoms with van der Waals surface area (Å²) in [7, 11) is 0. The predicted molar refractivity (Wildman–Crippen MR) is 63.3 cm³/mol. The van der Waals surface area contributed by atoms with Gasteiger partial charge in [0.15, 0.2) is 0 Å². The maximum atomic E-state index is 6.13. The fourth-order valence-electron chi connectivity index (χ4n) is 1.89. The SMILES string of the molecule is CCC1(N)CC1c1ccccc1Cl.Cl. The Morgan fingerprint density at radius 1 is 1.50 bits per heavy atom. The molecule has 0 aliphatic heterocycles. The quantitative estimate of drug-likeness (QED) is 0.831. The molecule has 2 N–H and O–H groups in total. The second kappa shape index (κ2) is 4.09. The Hall–Kier alpha value is -0.240. The highest BCUT2D eigenvalue weighted by molar-refractivity contribution is 6.31. The number of hydrogen-bond donors (Lipinski definition) is 1. The van der Waals surface area contributed by atoms with E-state index in [1.54, 1.807) is 0 Å². The van der Waals surface area contributed by atoms with Crippen molar-refractivity contribution in [1.82, 2.24) is 0 Å². The molecule has 2 atom stereocenters. The molecule has 0 aromatic heterocycles. The van der Waals surface area contributed by atoms with Crippen LogP contribution in [0.15, 0.2) is 24.3 Å². The molecule has 2 unspecified atom stereocenters. The smallest absolute Gasteiger partial charge is 0.0441 e. The van der Waals surface area contributed by atoms with Gasteiger partial charge in [0.25, 0.3) is 0 Å². The Labute approximate surface area is 96.0 Å². The van der Waals surface area contributed by atoms with Crippen LogP contribution in [-0.2, 0) is 0 Å². The fourth-order valence-corrected chi connectivity index (χ4v) is 2.16. The summed E-state index contributed by atoms with van der Waals surface area (Å²) in [5, 5.41) is 0.855. The summed E-state index contributed by atoms with van der Waals surface area (Å²) in [6.07, 6.45) is 2.11. The zero-order valence-electron chi connectivity index (χ0n) is 8.16. The predicted octanol–water partition coefficient (Wildman–Crippen LogP) is 3.36. The Morgan fingerprint density at radius 2 is 2.14 bits per heavy atom.